The second-order valence-electron chi connectivity index (χ2n) is 3.83. The molecule has 0 aromatic heterocycles. The second-order valence-corrected chi connectivity index (χ2v) is 3.83. The third kappa shape index (κ3) is 2.75. The largest absolute Gasteiger partial charge is 0.377 e. The SMILES string of the molecule is CCCC1C(=O)ONOC(=O)CC1(O)C(=O)ON. The van der Waals surface area contributed by atoms with E-state index in [4.69, 9.17) is 5.90 Å². The van der Waals surface area contributed by atoms with Crippen LogP contribution in [-0.4, -0.2) is 28.6 Å². The van der Waals surface area contributed by atoms with Crippen molar-refractivity contribution < 1.29 is 34.0 Å². The molecule has 9 heteroatoms. The van der Waals surface area contributed by atoms with Gasteiger partial charge in [0.05, 0.1) is 12.3 Å². The van der Waals surface area contributed by atoms with Gasteiger partial charge in [-0.2, -0.15) is 5.90 Å². The van der Waals surface area contributed by atoms with Crippen LogP contribution in [0.5, 0.6) is 0 Å². The van der Waals surface area contributed by atoms with Crippen LogP contribution in [0, 0.1) is 5.92 Å². The van der Waals surface area contributed by atoms with Gasteiger partial charge in [0.25, 0.3) is 0 Å². The lowest BCUT2D eigenvalue weighted by molar-refractivity contribution is -0.224. The number of aliphatic hydroxyl groups is 1. The fourth-order valence-corrected chi connectivity index (χ4v) is 1.72. The summed E-state index contributed by atoms with van der Waals surface area (Å²) < 4.78 is 0. The highest BCUT2D eigenvalue weighted by Crippen LogP contribution is 2.29. The minimum atomic E-state index is -2.40. The lowest BCUT2D eigenvalue weighted by Crippen LogP contribution is -2.55. The van der Waals surface area contributed by atoms with Gasteiger partial charge < -0.3 is 19.6 Å². The van der Waals surface area contributed by atoms with Crippen molar-refractivity contribution in [2.45, 2.75) is 31.8 Å². The van der Waals surface area contributed by atoms with Gasteiger partial charge in [0.15, 0.2) is 5.60 Å². The average Bonchev–Trinajstić information content (AvgIpc) is 2.33. The van der Waals surface area contributed by atoms with Crippen molar-refractivity contribution >= 4 is 17.9 Å². The zero-order valence-corrected chi connectivity index (χ0v) is 9.67. The molecule has 1 heterocycles. The highest BCUT2D eigenvalue weighted by molar-refractivity contribution is 5.91. The number of rotatable bonds is 3. The molecule has 18 heavy (non-hydrogen) atoms. The molecule has 0 saturated carbocycles. The van der Waals surface area contributed by atoms with Gasteiger partial charge in [-0.25, -0.2) is 9.59 Å². The lowest BCUT2D eigenvalue weighted by atomic mass is 9.81. The summed E-state index contributed by atoms with van der Waals surface area (Å²) >= 11 is 0. The van der Waals surface area contributed by atoms with Gasteiger partial charge in [0, 0.05) is 5.64 Å². The molecule has 0 aromatic rings. The first-order chi connectivity index (χ1) is 8.45. The van der Waals surface area contributed by atoms with Gasteiger partial charge >= 0.3 is 17.9 Å². The van der Waals surface area contributed by atoms with E-state index in [1.54, 1.807) is 12.6 Å². The van der Waals surface area contributed by atoms with Gasteiger partial charge in [-0.3, -0.25) is 4.79 Å². The van der Waals surface area contributed by atoms with E-state index in [-0.39, 0.29) is 6.42 Å². The van der Waals surface area contributed by atoms with Gasteiger partial charge in [-0.1, -0.05) is 13.3 Å². The van der Waals surface area contributed by atoms with E-state index >= 15 is 0 Å². The molecule has 0 spiro atoms. The summed E-state index contributed by atoms with van der Waals surface area (Å²) in [5, 5.41) is 10.2. The first kappa shape index (κ1) is 14.4. The van der Waals surface area contributed by atoms with E-state index in [1.165, 1.54) is 0 Å². The molecule has 102 valence electrons. The molecule has 0 aromatic carbocycles. The van der Waals surface area contributed by atoms with Crippen molar-refractivity contribution in [2.75, 3.05) is 0 Å². The molecule has 1 saturated heterocycles. The maximum absolute atomic E-state index is 11.6. The Kier molecular flexibility index (Phi) is 4.59. The molecule has 1 rings (SSSR count). The Morgan fingerprint density at radius 3 is 2.83 bits per heavy atom. The molecule has 0 bridgehead atoms. The smallest absolute Gasteiger partial charge is 0.358 e. The Labute approximate surface area is 102 Å². The number of nitrogens with one attached hydrogen (secondary N) is 1. The van der Waals surface area contributed by atoms with Crippen molar-refractivity contribution in [2.24, 2.45) is 11.8 Å². The molecule has 4 N–H and O–H groups in total. The van der Waals surface area contributed by atoms with Crippen molar-refractivity contribution in [1.82, 2.24) is 5.64 Å². The molecular formula is C9H14N2O7. The van der Waals surface area contributed by atoms with Crippen molar-refractivity contribution in [3.05, 3.63) is 0 Å². The highest BCUT2D eigenvalue weighted by Gasteiger charge is 2.52. The molecule has 0 amide bonds. The zero-order chi connectivity index (χ0) is 13.8. The zero-order valence-electron chi connectivity index (χ0n) is 9.67. The van der Waals surface area contributed by atoms with Gasteiger partial charge in [-0.05, 0) is 6.42 Å². The van der Waals surface area contributed by atoms with Gasteiger partial charge in [-0.15, -0.1) is 0 Å². The van der Waals surface area contributed by atoms with E-state index in [0.717, 1.165) is 0 Å². The van der Waals surface area contributed by atoms with Crippen LogP contribution in [0.1, 0.15) is 26.2 Å². The van der Waals surface area contributed by atoms with Crippen LogP contribution in [-0.2, 0) is 28.9 Å². The maximum Gasteiger partial charge on any atom is 0.358 e. The molecule has 0 aliphatic carbocycles. The summed E-state index contributed by atoms with van der Waals surface area (Å²) in [6.07, 6.45) is -0.190. The van der Waals surface area contributed by atoms with Crippen LogP contribution in [0.15, 0.2) is 0 Å². The Balaban J connectivity index is 3.10. The van der Waals surface area contributed by atoms with Crippen molar-refractivity contribution in [3.8, 4) is 0 Å². The predicted molar refractivity (Wildman–Crippen MR) is 53.6 cm³/mol. The highest BCUT2D eigenvalue weighted by atomic mass is 16.9. The van der Waals surface area contributed by atoms with E-state index < -0.39 is 35.8 Å². The van der Waals surface area contributed by atoms with Crippen LogP contribution >= 0.6 is 0 Å². The third-order valence-corrected chi connectivity index (χ3v) is 2.61. The molecule has 1 fully saturated rings. The first-order valence-electron chi connectivity index (χ1n) is 5.24. The summed E-state index contributed by atoms with van der Waals surface area (Å²) in [5.41, 5.74) is -0.725. The standard InChI is InChI=1S/C9H14N2O7/c1-2-3-5-7(13)18-11-17-6(12)4-9(5,15)8(14)16-10/h5,11,15H,2-4,10H2,1H3. The van der Waals surface area contributed by atoms with E-state index in [1.807, 2.05) is 0 Å². The van der Waals surface area contributed by atoms with Crippen molar-refractivity contribution in [1.29, 1.82) is 0 Å². The topological polar surface area (TPSA) is 137 Å². The Morgan fingerprint density at radius 1 is 1.61 bits per heavy atom. The van der Waals surface area contributed by atoms with E-state index in [0.29, 0.717) is 6.42 Å². The van der Waals surface area contributed by atoms with Crippen LogP contribution in [0.4, 0.5) is 0 Å². The molecule has 9 nitrogen and oxygen atoms in total. The van der Waals surface area contributed by atoms with Crippen molar-refractivity contribution in [3.63, 3.8) is 0 Å². The number of carbonyl (C=O) groups is 3. The third-order valence-electron chi connectivity index (χ3n) is 2.61. The minimum Gasteiger partial charge on any atom is -0.377 e. The summed E-state index contributed by atoms with van der Waals surface area (Å²) in [5.74, 6) is 0.188. The van der Waals surface area contributed by atoms with Gasteiger partial charge in [0.1, 0.15) is 0 Å². The molecular weight excluding hydrogens is 248 g/mol. The quantitative estimate of drug-likeness (QED) is 0.516. The van der Waals surface area contributed by atoms with Gasteiger partial charge in [0.2, 0.25) is 0 Å². The normalized spacial score (nSPS) is 28.7. The van der Waals surface area contributed by atoms with E-state index in [9.17, 15) is 19.5 Å². The fourth-order valence-electron chi connectivity index (χ4n) is 1.72. The Morgan fingerprint density at radius 2 is 2.28 bits per heavy atom. The molecule has 2 atom stereocenters. The summed E-state index contributed by atoms with van der Waals surface area (Å²) in [7, 11) is 0. The number of hydrogen-bond donors (Lipinski definition) is 3. The molecule has 1 aliphatic heterocycles. The summed E-state index contributed by atoms with van der Waals surface area (Å²) in [6.45, 7) is 1.73. The van der Waals surface area contributed by atoms with E-state index in [2.05, 4.69) is 14.5 Å². The van der Waals surface area contributed by atoms with Crippen LogP contribution in [0.3, 0.4) is 0 Å². The predicted octanol–water partition coefficient (Wildman–Crippen LogP) is -1.54. The lowest BCUT2D eigenvalue weighted by Gasteiger charge is -2.31. The van der Waals surface area contributed by atoms with Crippen LogP contribution in [0.2, 0.25) is 0 Å². The second kappa shape index (κ2) is 5.76. The molecule has 1 aliphatic rings. The number of hydrogen-bond acceptors (Lipinski definition) is 9. The molecule has 0 radical (unpaired) electrons. The summed E-state index contributed by atoms with van der Waals surface area (Å²) in [6, 6.07) is 0. The van der Waals surface area contributed by atoms with Crippen LogP contribution < -0.4 is 11.5 Å². The maximum atomic E-state index is 11.6. The van der Waals surface area contributed by atoms with Crippen LogP contribution in [0.25, 0.3) is 0 Å². The Bertz CT molecular complexity index is 359. The first-order valence-corrected chi connectivity index (χ1v) is 5.24. The number of carbonyl (C=O) groups excluding carboxylic acids is 3. The monoisotopic (exact) mass is 262 g/mol. The minimum absolute atomic E-state index is 0.111. The summed E-state index contributed by atoms with van der Waals surface area (Å²) in [4.78, 5) is 46.9. The molecule has 2 unspecified atom stereocenters. The Hall–Kier alpha value is -1.71. The fraction of sp³-hybridized carbons (Fsp3) is 0.667. The number of nitrogens with two attached hydrogens (primary N) is 1. The average molecular weight is 262 g/mol.